The summed E-state index contributed by atoms with van der Waals surface area (Å²) in [6.45, 7) is 0.430. The summed E-state index contributed by atoms with van der Waals surface area (Å²) in [5.41, 5.74) is 6.65. The van der Waals surface area contributed by atoms with Crippen molar-refractivity contribution in [3.8, 4) is 0 Å². The summed E-state index contributed by atoms with van der Waals surface area (Å²) in [7, 11) is 0. The van der Waals surface area contributed by atoms with Gasteiger partial charge < -0.3 is 20.3 Å². The van der Waals surface area contributed by atoms with E-state index in [0.717, 1.165) is 5.56 Å². The number of carbonyl (C=O) groups excluding carboxylic acids is 1. The van der Waals surface area contributed by atoms with E-state index in [2.05, 4.69) is 4.74 Å². The predicted molar refractivity (Wildman–Crippen MR) is 73.9 cm³/mol. The number of nitrogens with two attached hydrogens (primary N) is 1. The van der Waals surface area contributed by atoms with Crippen LogP contribution in [0.2, 0.25) is 0 Å². The molecule has 0 aliphatic heterocycles. The average molecular weight is 333 g/mol. The van der Waals surface area contributed by atoms with Crippen LogP contribution in [0.4, 0.5) is 13.2 Å². The topological polar surface area (TPSA) is 81.8 Å². The third-order valence-corrected chi connectivity index (χ3v) is 3.79. The molecule has 0 heterocycles. The monoisotopic (exact) mass is 333 g/mol. The number of hydrogen-bond acceptors (Lipinski definition) is 5. The van der Waals surface area contributed by atoms with Gasteiger partial charge in [-0.2, -0.15) is 13.2 Å². The van der Waals surface area contributed by atoms with Crippen LogP contribution in [0, 0.1) is 5.92 Å². The Morgan fingerprint density at radius 2 is 1.91 bits per heavy atom. The molecule has 0 radical (unpaired) electrons. The van der Waals surface area contributed by atoms with E-state index in [9.17, 15) is 23.1 Å². The standard InChI is InChI=1S/C15H18F3NO4/c16-15(17,18)14(21)23-13(20)12(19)10-6-11(7-10)22-8-9-4-2-1-3-5-9/h1-5,10-13,20H,6-8,19H2. The molecule has 0 bridgehead atoms. The minimum absolute atomic E-state index is 0.0724. The highest BCUT2D eigenvalue weighted by atomic mass is 19.4. The van der Waals surface area contributed by atoms with Crippen molar-refractivity contribution >= 4 is 5.97 Å². The van der Waals surface area contributed by atoms with Crippen molar-refractivity contribution in [1.82, 2.24) is 0 Å². The first kappa shape index (κ1) is 17.7. The van der Waals surface area contributed by atoms with Crippen LogP contribution in [0.15, 0.2) is 30.3 Å². The Bertz CT molecular complexity index is 517. The van der Waals surface area contributed by atoms with Gasteiger partial charge in [0, 0.05) is 0 Å². The molecular formula is C15H18F3NO4. The summed E-state index contributed by atoms with van der Waals surface area (Å²) in [5, 5.41) is 9.47. The van der Waals surface area contributed by atoms with Gasteiger partial charge >= 0.3 is 12.1 Å². The van der Waals surface area contributed by atoms with Crippen LogP contribution in [0.1, 0.15) is 18.4 Å². The Morgan fingerprint density at radius 1 is 1.30 bits per heavy atom. The normalized spacial score (nSPS) is 23.7. The molecule has 8 heteroatoms. The van der Waals surface area contributed by atoms with Crippen molar-refractivity contribution < 1.29 is 32.5 Å². The first-order chi connectivity index (χ1) is 10.8. The number of halogens is 3. The molecule has 0 amide bonds. The number of rotatable bonds is 6. The number of alkyl halides is 3. The fraction of sp³-hybridized carbons (Fsp3) is 0.533. The van der Waals surface area contributed by atoms with Crippen molar-refractivity contribution in [1.29, 1.82) is 0 Å². The van der Waals surface area contributed by atoms with Crippen molar-refractivity contribution in [2.75, 3.05) is 0 Å². The first-order valence-electron chi connectivity index (χ1n) is 7.14. The number of aliphatic hydroxyl groups excluding tert-OH is 1. The summed E-state index contributed by atoms with van der Waals surface area (Å²) in [5.74, 6) is -2.71. The fourth-order valence-corrected chi connectivity index (χ4v) is 2.33. The lowest BCUT2D eigenvalue weighted by atomic mass is 9.77. The summed E-state index contributed by atoms with van der Waals surface area (Å²) < 4.78 is 45.7. The second-order valence-corrected chi connectivity index (χ2v) is 5.52. The third-order valence-electron chi connectivity index (χ3n) is 3.79. The number of carbonyl (C=O) groups is 1. The lowest BCUT2D eigenvalue weighted by molar-refractivity contribution is -0.224. The van der Waals surface area contributed by atoms with E-state index < -0.39 is 24.5 Å². The number of hydrogen-bond donors (Lipinski definition) is 2. The van der Waals surface area contributed by atoms with Crippen LogP contribution < -0.4 is 5.73 Å². The highest BCUT2D eigenvalue weighted by Gasteiger charge is 2.45. The summed E-state index contributed by atoms with van der Waals surface area (Å²) in [4.78, 5) is 10.6. The lowest BCUT2D eigenvalue weighted by Gasteiger charge is -2.39. The van der Waals surface area contributed by atoms with Gasteiger partial charge in [0.25, 0.3) is 0 Å². The van der Waals surface area contributed by atoms with E-state index in [-0.39, 0.29) is 12.0 Å². The van der Waals surface area contributed by atoms with Gasteiger partial charge in [0.1, 0.15) is 0 Å². The molecule has 0 aromatic heterocycles. The minimum Gasteiger partial charge on any atom is -0.428 e. The number of esters is 1. The quantitative estimate of drug-likeness (QED) is 0.612. The zero-order valence-corrected chi connectivity index (χ0v) is 12.2. The Morgan fingerprint density at radius 3 is 2.48 bits per heavy atom. The van der Waals surface area contributed by atoms with E-state index in [1.54, 1.807) is 0 Å². The molecule has 3 N–H and O–H groups in total. The molecule has 2 atom stereocenters. The molecule has 1 aliphatic rings. The zero-order chi connectivity index (χ0) is 17.0. The maximum absolute atomic E-state index is 12.0. The molecular weight excluding hydrogens is 315 g/mol. The van der Waals surface area contributed by atoms with E-state index in [0.29, 0.717) is 19.4 Å². The summed E-state index contributed by atoms with van der Waals surface area (Å²) in [6, 6.07) is 8.45. The molecule has 1 saturated carbocycles. The Labute approximate surface area is 131 Å². The first-order valence-corrected chi connectivity index (χ1v) is 7.14. The van der Waals surface area contributed by atoms with Gasteiger partial charge in [-0.3, -0.25) is 0 Å². The maximum atomic E-state index is 12.0. The molecule has 1 aliphatic carbocycles. The number of benzene rings is 1. The Balaban J connectivity index is 1.70. The van der Waals surface area contributed by atoms with Gasteiger partial charge in [-0.05, 0) is 24.3 Å². The summed E-state index contributed by atoms with van der Waals surface area (Å²) in [6.07, 6.45) is -6.22. The average Bonchev–Trinajstić information content (AvgIpc) is 2.45. The van der Waals surface area contributed by atoms with Gasteiger partial charge in [-0.15, -0.1) is 0 Å². The van der Waals surface area contributed by atoms with Crippen LogP contribution in [0.25, 0.3) is 0 Å². The zero-order valence-electron chi connectivity index (χ0n) is 12.2. The van der Waals surface area contributed by atoms with Crippen molar-refractivity contribution in [2.45, 2.75) is 44.1 Å². The van der Waals surface area contributed by atoms with Gasteiger partial charge in [-0.25, -0.2) is 4.79 Å². The molecule has 0 spiro atoms. The maximum Gasteiger partial charge on any atom is 0.491 e. The smallest absolute Gasteiger partial charge is 0.428 e. The second kappa shape index (κ2) is 7.29. The van der Waals surface area contributed by atoms with E-state index in [4.69, 9.17) is 10.5 Å². The third kappa shape index (κ3) is 4.92. The molecule has 2 rings (SSSR count). The minimum atomic E-state index is -5.15. The molecule has 1 aromatic rings. The van der Waals surface area contributed by atoms with Gasteiger partial charge in [0.2, 0.25) is 6.29 Å². The highest BCUT2D eigenvalue weighted by molar-refractivity contribution is 5.75. The predicted octanol–water partition coefficient (Wildman–Crippen LogP) is 1.73. The molecule has 1 fully saturated rings. The second-order valence-electron chi connectivity index (χ2n) is 5.52. The number of ether oxygens (including phenoxy) is 2. The SMILES string of the molecule is NC(C1CC(OCc2ccccc2)C1)C(O)OC(=O)C(F)(F)F. The van der Waals surface area contributed by atoms with Gasteiger partial charge in [-0.1, -0.05) is 30.3 Å². The van der Waals surface area contributed by atoms with Crippen LogP contribution in [-0.2, 0) is 20.9 Å². The van der Waals surface area contributed by atoms with E-state index in [1.165, 1.54) is 0 Å². The van der Waals surface area contributed by atoms with Gasteiger partial charge in [0.15, 0.2) is 0 Å². The lowest BCUT2D eigenvalue weighted by Crippen LogP contribution is -2.51. The molecule has 0 saturated heterocycles. The number of aliphatic hydroxyl groups is 1. The molecule has 23 heavy (non-hydrogen) atoms. The Hall–Kier alpha value is -1.64. The van der Waals surface area contributed by atoms with Crippen molar-refractivity contribution in [2.24, 2.45) is 11.7 Å². The summed E-state index contributed by atoms with van der Waals surface area (Å²) >= 11 is 0. The van der Waals surface area contributed by atoms with Crippen LogP contribution in [-0.4, -0.2) is 35.7 Å². The van der Waals surface area contributed by atoms with Crippen LogP contribution in [0.5, 0.6) is 0 Å². The molecule has 5 nitrogen and oxygen atoms in total. The van der Waals surface area contributed by atoms with Crippen LogP contribution in [0.3, 0.4) is 0 Å². The fourth-order valence-electron chi connectivity index (χ4n) is 2.33. The molecule has 1 aromatic carbocycles. The molecule has 2 unspecified atom stereocenters. The van der Waals surface area contributed by atoms with Gasteiger partial charge in [0.05, 0.1) is 18.8 Å². The van der Waals surface area contributed by atoms with E-state index in [1.807, 2.05) is 30.3 Å². The molecule has 128 valence electrons. The van der Waals surface area contributed by atoms with E-state index >= 15 is 0 Å². The van der Waals surface area contributed by atoms with Crippen molar-refractivity contribution in [3.63, 3.8) is 0 Å². The largest absolute Gasteiger partial charge is 0.491 e. The Kier molecular flexibility index (Phi) is 5.61. The van der Waals surface area contributed by atoms with Crippen molar-refractivity contribution in [3.05, 3.63) is 35.9 Å². The van der Waals surface area contributed by atoms with Crippen LogP contribution >= 0.6 is 0 Å². The highest BCUT2D eigenvalue weighted by Crippen LogP contribution is 2.34.